The maximum atomic E-state index is 12.6. The maximum Gasteiger partial charge on any atom is 0.235 e. The fraction of sp³-hybridized carbons (Fsp3) is 0.933. The molecule has 3 nitrogen and oxygen atoms in total. The van der Waals surface area contributed by atoms with Gasteiger partial charge in [0.15, 0.2) is 0 Å². The summed E-state index contributed by atoms with van der Waals surface area (Å²) in [5.41, 5.74) is -0.464. The lowest BCUT2D eigenvalue weighted by Crippen LogP contribution is -2.56. The Morgan fingerprint density at radius 1 is 1.16 bits per heavy atom. The van der Waals surface area contributed by atoms with Crippen LogP contribution in [-0.2, 0) is 4.79 Å². The van der Waals surface area contributed by atoms with Gasteiger partial charge < -0.3 is 10.0 Å². The summed E-state index contributed by atoms with van der Waals surface area (Å²) < 4.78 is 0. The number of likely N-dealkylation sites (tertiary alicyclic amines) is 1. The number of piperidine rings is 1. The van der Waals surface area contributed by atoms with E-state index in [9.17, 15) is 9.90 Å². The van der Waals surface area contributed by atoms with Crippen LogP contribution in [-0.4, -0.2) is 45.6 Å². The number of fused-ring (bicyclic) bond motifs is 1. The van der Waals surface area contributed by atoms with Crippen molar-refractivity contribution in [3.05, 3.63) is 0 Å². The number of aliphatic hydroxyl groups is 1. The van der Waals surface area contributed by atoms with Gasteiger partial charge in [-0.2, -0.15) is 0 Å². The van der Waals surface area contributed by atoms with Gasteiger partial charge in [0, 0.05) is 19.0 Å². The Morgan fingerprint density at radius 3 is 2.79 bits per heavy atom. The van der Waals surface area contributed by atoms with Gasteiger partial charge in [0.25, 0.3) is 0 Å². The lowest BCUT2D eigenvalue weighted by molar-refractivity contribution is -0.142. The molecular weight excluding hydrogens is 258 g/mol. The second kappa shape index (κ2) is 5.65. The first-order chi connectivity index (χ1) is 9.19. The molecule has 1 N–H and O–H groups in total. The van der Waals surface area contributed by atoms with Crippen LogP contribution in [0.25, 0.3) is 0 Å². The van der Waals surface area contributed by atoms with Gasteiger partial charge >= 0.3 is 0 Å². The highest BCUT2D eigenvalue weighted by Crippen LogP contribution is 2.40. The largest absolute Gasteiger partial charge is 0.389 e. The first-order valence-electron chi connectivity index (χ1n) is 7.82. The van der Waals surface area contributed by atoms with Crippen LogP contribution >= 0.6 is 11.8 Å². The summed E-state index contributed by atoms with van der Waals surface area (Å²) in [6.07, 6.45) is 8.71. The number of thioether (sulfide) groups is 1. The number of nitrogens with zero attached hydrogens (tertiary/aromatic N) is 1. The number of carbonyl (C=O) groups is 1. The second-order valence-electron chi connectivity index (χ2n) is 6.44. The smallest absolute Gasteiger partial charge is 0.235 e. The van der Waals surface area contributed by atoms with E-state index in [1.54, 1.807) is 0 Å². The molecule has 0 bridgehead atoms. The molecule has 3 unspecified atom stereocenters. The summed E-state index contributed by atoms with van der Waals surface area (Å²) >= 11 is 1.84. The highest BCUT2D eigenvalue weighted by molar-refractivity contribution is 8.00. The molecule has 0 aromatic heterocycles. The topological polar surface area (TPSA) is 40.5 Å². The molecule has 3 fully saturated rings. The van der Waals surface area contributed by atoms with Crippen molar-refractivity contribution in [2.45, 2.75) is 62.2 Å². The van der Waals surface area contributed by atoms with Gasteiger partial charge in [0.2, 0.25) is 5.91 Å². The zero-order valence-electron chi connectivity index (χ0n) is 11.6. The summed E-state index contributed by atoms with van der Waals surface area (Å²) in [5.74, 6) is 1.81. The summed E-state index contributed by atoms with van der Waals surface area (Å²) in [4.78, 5) is 14.6. The zero-order chi connectivity index (χ0) is 13.3. The molecule has 0 radical (unpaired) electrons. The van der Waals surface area contributed by atoms with Crippen molar-refractivity contribution in [1.82, 2.24) is 4.90 Å². The summed E-state index contributed by atoms with van der Waals surface area (Å²) in [6.45, 7) is 1.56. The van der Waals surface area contributed by atoms with Crippen molar-refractivity contribution < 1.29 is 9.90 Å². The Morgan fingerprint density at radius 2 is 2.00 bits per heavy atom. The van der Waals surface area contributed by atoms with Crippen molar-refractivity contribution in [1.29, 1.82) is 0 Å². The van der Waals surface area contributed by atoms with Crippen LogP contribution in [0.5, 0.6) is 0 Å². The molecule has 1 aliphatic carbocycles. The number of amides is 1. The predicted octanol–water partition coefficient (Wildman–Crippen LogP) is 2.43. The normalized spacial score (nSPS) is 39.7. The minimum Gasteiger partial charge on any atom is -0.389 e. The Balaban J connectivity index is 1.62. The fourth-order valence-corrected chi connectivity index (χ4v) is 5.19. The van der Waals surface area contributed by atoms with E-state index in [0.717, 1.165) is 50.9 Å². The Bertz CT molecular complexity index is 343. The monoisotopic (exact) mass is 283 g/mol. The van der Waals surface area contributed by atoms with Gasteiger partial charge in [-0.15, -0.1) is 11.8 Å². The van der Waals surface area contributed by atoms with Crippen molar-refractivity contribution in [2.24, 2.45) is 5.92 Å². The van der Waals surface area contributed by atoms with E-state index < -0.39 is 5.60 Å². The van der Waals surface area contributed by atoms with Gasteiger partial charge in [0.05, 0.1) is 10.9 Å². The third-order valence-electron chi connectivity index (χ3n) is 5.19. The molecular formula is C15H25NO2S. The summed E-state index contributed by atoms with van der Waals surface area (Å²) in [6, 6.07) is 0. The summed E-state index contributed by atoms with van der Waals surface area (Å²) in [5, 5.41) is 10.9. The third kappa shape index (κ3) is 2.80. The van der Waals surface area contributed by atoms with Crippen molar-refractivity contribution in [3.8, 4) is 0 Å². The van der Waals surface area contributed by atoms with Gasteiger partial charge in [-0.05, 0) is 37.9 Å². The SMILES string of the molecule is O=C(C1CCCCS1)N1CCC2(O)CCCCC2C1. The number of rotatable bonds is 1. The number of carbonyl (C=O) groups excluding carboxylic acids is 1. The zero-order valence-corrected chi connectivity index (χ0v) is 12.5. The first-order valence-corrected chi connectivity index (χ1v) is 8.87. The predicted molar refractivity (Wildman–Crippen MR) is 78.2 cm³/mol. The Kier molecular flexibility index (Phi) is 4.08. The highest BCUT2D eigenvalue weighted by Gasteiger charge is 2.44. The molecule has 2 saturated heterocycles. The lowest BCUT2D eigenvalue weighted by Gasteiger charge is -2.48. The van der Waals surface area contributed by atoms with Gasteiger partial charge in [-0.3, -0.25) is 4.79 Å². The average molecular weight is 283 g/mol. The molecule has 4 heteroatoms. The van der Waals surface area contributed by atoms with Crippen molar-refractivity contribution in [2.75, 3.05) is 18.8 Å². The van der Waals surface area contributed by atoms with Gasteiger partial charge in [-0.25, -0.2) is 0 Å². The second-order valence-corrected chi connectivity index (χ2v) is 7.75. The minimum absolute atomic E-state index is 0.198. The minimum atomic E-state index is -0.464. The molecule has 0 spiro atoms. The Hall–Kier alpha value is -0.220. The van der Waals surface area contributed by atoms with E-state index in [-0.39, 0.29) is 5.25 Å². The van der Waals surface area contributed by atoms with Gasteiger partial charge in [0.1, 0.15) is 0 Å². The van der Waals surface area contributed by atoms with E-state index in [2.05, 4.69) is 0 Å². The number of hydrogen-bond donors (Lipinski definition) is 1. The molecule has 2 aliphatic heterocycles. The third-order valence-corrected chi connectivity index (χ3v) is 6.56. The molecule has 2 heterocycles. The molecule has 3 aliphatic rings. The van der Waals surface area contributed by atoms with Gasteiger partial charge in [-0.1, -0.05) is 19.3 Å². The van der Waals surface area contributed by atoms with E-state index in [0.29, 0.717) is 11.8 Å². The standard InChI is InChI=1S/C15H25NO2S/c17-14(13-6-2-4-10-19-13)16-9-8-15(18)7-3-1-5-12(15)11-16/h12-13,18H,1-11H2. The van der Waals surface area contributed by atoms with Crippen LogP contribution in [0.3, 0.4) is 0 Å². The molecule has 0 aromatic carbocycles. The first kappa shape index (κ1) is 13.7. The lowest BCUT2D eigenvalue weighted by atomic mass is 9.71. The van der Waals surface area contributed by atoms with Crippen molar-refractivity contribution >= 4 is 17.7 Å². The molecule has 3 atom stereocenters. The van der Waals surface area contributed by atoms with E-state index in [1.165, 1.54) is 19.3 Å². The molecule has 0 aromatic rings. The van der Waals surface area contributed by atoms with Crippen molar-refractivity contribution in [3.63, 3.8) is 0 Å². The van der Waals surface area contributed by atoms with E-state index in [1.807, 2.05) is 16.7 Å². The molecule has 1 saturated carbocycles. The Labute approximate surface area is 120 Å². The van der Waals surface area contributed by atoms with Crippen LogP contribution in [0.2, 0.25) is 0 Å². The van der Waals surface area contributed by atoms with Crippen LogP contribution in [0.15, 0.2) is 0 Å². The fourth-order valence-electron chi connectivity index (χ4n) is 3.91. The molecule has 3 rings (SSSR count). The molecule has 19 heavy (non-hydrogen) atoms. The molecule has 1 amide bonds. The molecule has 108 valence electrons. The van der Waals surface area contributed by atoms with Crippen LogP contribution in [0.1, 0.15) is 51.4 Å². The average Bonchev–Trinajstić information content (AvgIpc) is 2.46. The summed E-state index contributed by atoms with van der Waals surface area (Å²) in [7, 11) is 0. The number of hydrogen-bond acceptors (Lipinski definition) is 3. The van der Waals surface area contributed by atoms with Crippen LogP contribution in [0.4, 0.5) is 0 Å². The highest BCUT2D eigenvalue weighted by atomic mass is 32.2. The quantitative estimate of drug-likeness (QED) is 0.803. The van der Waals surface area contributed by atoms with E-state index >= 15 is 0 Å². The van der Waals surface area contributed by atoms with E-state index in [4.69, 9.17) is 0 Å². The van der Waals surface area contributed by atoms with Crippen LogP contribution in [0, 0.1) is 5.92 Å². The van der Waals surface area contributed by atoms with Crippen LogP contribution < -0.4 is 0 Å². The maximum absolute atomic E-state index is 12.6.